The fourth-order valence-corrected chi connectivity index (χ4v) is 2.22. The van der Waals surface area contributed by atoms with Gasteiger partial charge in [0.25, 0.3) is 0 Å². The van der Waals surface area contributed by atoms with Gasteiger partial charge in [-0.25, -0.2) is 0 Å². The molecule has 2 nitrogen and oxygen atoms in total. The fraction of sp³-hybridized carbons (Fsp3) is 0.500. The lowest BCUT2D eigenvalue weighted by molar-refractivity contribution is 0.383. The summed E-state index contributed by atoms with van der Waals surface area (Å²) >= 11 is 6.56. The van der Waals surface area contributed by atoms with Crippen LogP contribution in [0.25, 0.3) is 0 Å². The van der Waals surface area contributed by atoms with Crippen LogP contribution < -0.4 is 10.6 Å². The second-order valence-electron chi connectivity index (χ2n) is 3.96. The van der Waals surface area contributed by atoms with E-state index >= 15 is 0 Å². The normalized spacial score (nSPS) is 26.5. The maximum absolute atomic E-state index is 6.56. The second-order valence-corrected chi connectivity index (χ2v) is 4.60. The summed E-state index contributed by atoms with van der Waals surface area (Å²) in [5, 5.41) is 6.68. The van der Waals surface area contributed by atoms with E-state index < -0.39 is 5.00 Å². The molecule has 0 bridgehead atoms. The molecular formula is C12H17ClN2. The van der Waals surface area contributed by atoms with Crippen molar-refractivity contribution in [2.45, 2.75) is 18.3 Å². The Morgan fingerprint density at radius 2 is 2.27 bits per heavy atom. The summed E-state index contributed by atoms with van der Waals surface area (Å²) in [5.74, 6) is 0. The maximum Gasteiger partial charge on any atom is 0.132 e. The van der Waals surface area contributed by atoms with E-state index in [0.717, 1.165) is 31.6 Å². The molecule has 1 heterocycles. The number of aryl methyl sites for hydroxylation is 1. The van der Waals surface area contributed by atoms with Gasteiger partial charge in [0.05, 0.1) is 0 Å². The Bertz CT molecular complexity index is 332. The monoisotopic (exact) mass is 224 g/mol. The highest BCUT2D eigenvalue weighted by Gasteiger charge is 2.30. The molecule has 0 saturated carbocycles. The summed E-state index contributed by atoms with van der Waals surface area (Å²) in [7, 11) is 0. The van der Waals surface area contributed by atoms with Gasteiger partial charge >= 0.3 is 0 Å². The topological polar surface area (TPSA) is 24.1 Å². The Morgan fingerprint density at radius 3 is 2.93 bits per heavy atom. The molecule has 1 saturated heterocycles. The van der Waals surface area contributed by atoms with Crippen molar-refractivity contribution >= 4 is 11.6 Å². The van der Waals surface area contributed by atoms with E-state index in [1.165, 1.54) is 5.56 Å². The van der Waals surface area contributed by atoms with Crippen LogP contribution >= 0.6 is 11.6 Å². The lowest BCUT2D eigenvalue weighted by atomic mass is 10.0. The van der Waals surface area contributed by atoms with E-state index in [2.05, 4.69) is 41.8 Å². The molecule has 1 aromatic rings. The van der Waals surface area contributed by atoms with Crippen molar-refractivity contribution in [1.82, 2.24) is 10.6 Å². The quantitative estimate of drug-likeness (QED) is 0.592. The van der Waals surface area contributed by atoms with Gasteiger partial charge in [0.15, 0.2) is 0 Å². The zero-order chi connectivity index (χ0) is 10.7. The van der Waals surface area contributed by atoms with Gasteiger partial charge in [-0.1, -0.05) is 42.8 Å². The standard InChI is InChI=1S/C12H17ClN2/c1-2-10-4-3-5-11(8-10)12(13)9-14-6-7-15-12/h3-5,8,14-15H,2,6-7,9H2,1H3. The molecule has 1 aliphatic heterocycles. The number of nitrogens with one attached hydrogen (secondary N) is 2. The first-order chi connectivity index (χ1) is 7.24. The average Bonchev–Trinajstić information content (AvgIpc) is 2.30. The molecule has 0 radical (unpaired) electrons. The minimum absolute atomic E-state index is 0.427. The molecule has 0 spiro atoms. The molecule has 3 heteroatoms. The second kappa shape index (κ2) is 4.52. The Hall–Kier alpha value is -0.570. The van der Waals surface area contributed by atoms with Gasteiger partial charge < -0.3 is 5.32 Å². The van der Waals surface area contributed by atoms with Crippen molar-refractivity contribution in [1.29, 1.82) is 0 Å². The Morgan fingerprint density at radius 1 is 1.40 bits per heavy atom. The molecule has 1 unspecified atom stereocenters. The first kappa shape index (κ1) is 10.9. The highest BCUT2D eigenvalue weighted by molar-refractivity contribution is 6.24. The molecule has 2 N–H and O–H groups in total. The molecule has 15 heavy (non-hydrogen) atoms. The maximum atomic E-state index is 6.56. The summed E-state index contributed by atoms with van der Waals surface area (Å²) in [4.78, 5) is -0.427. The van der Waals surface area contributed by atoms with E-state index in [1.54, 1.807) is 0 Å². The van der Waals surface area contributed by atoms with E-state index in [4.69, 9.17) is 11.6 Å². The van der Waals surface area contributed by atoms with Crippen LogP contribution in [0.4, 0.5) is 0 Å². The van der Waals surface area contributed by atoms with Gasteiger partial charge in [-0.05, 0) is 17.5 Å². The molecule has 1 fully saturated rings. The molecule has 0 aliphatic carbocycles. The van der Waals surface area contributed by atoms with Gasteiger partial charge in [-0.3, -0.25) is 5.32 Å². The molecule has 82 valence electrons. The Kier molecular flexibility index (Phi) is 3.29. The van der Waals surface area contributed by atoms with Crippen molar-refractivity contribution in [3.63, 3.8) is 0 Å². The van der Waals surface area contributed by atoms with Gasteiger partial charge in [0, 0.05) is 19.6 Å². The van der Waals surface area contributed by atoms with Gasteiger partial charge in [0.2, 0.25) is 0 Å². The van der Waals surface area contributed by atoms with Crippen molar-refractivity contribution < 1.29 is 0 Å². The van der Waals surface area contributed by atoms with E-state index in [-0.39, 0.29) is 0 Å². The molecular weight excluding hydrogens is 208 g/mol. The van der Waals surface area contributed by atoms with Crippen LogP contribution in [0.2, 0.25) is 0 Å². The lowest BCUT2D eigenvalue weighted by Crippen LogP contribution is -2.53. The molecule has 1 aromatic carbocycles. The molecule has 1 aliphatic rings. The van der Waals surface area contributed by atoms with Crippen molar-refractivity contribution in [2.24, 2.45) is 0 Å². The highest BCUT2D eigenvalue weighted by Crippen LogP contribution is 2.27. The van der Waals surface area contributed by atoms with Gasteiger partial charge in [-0.15, -0.1) is 0 Å². The van der Waals surface area contributed by atoms with Crippen molar-refractivity contribution in [3.05, 3.63) is 35.4 Å². The van der Waals surface area contributed by atoms with Crippen LogP contribution in [0.5, 0.6) is 0 Å². The van der Waals surface area contributed by atoms with Crippen molar-refractivity contribution in [3.8, 4) is 0 Å². The number of benzene rings is 1. The van der Waals surface area contributed by atoms with Crippen LogP contribution in [-0.2, 0) is 11.4 Å². The third-order valence-electron chi connectivity index (χ3n) is 2.87. The minimum atomic E-state index is -0.427. The number of hydrogen-bond acceptors (Lipinski definition) is 2. The van der Waals surface area contributed by atoms with Crippen LogP contribution in [-0.4, -0.2) is 19.6 Å². The first-order valence-electron chi connectivity index (χ1n) is 5.49. The SMILES string of the molecule is CCc1cccc(C2(Cl)CNCCN2)c1. The number of alkyl halides is 1. The average molecular weight is 225 g/mol. The number of rotatable bonds is 2. The summed E-state index contributed by atoms with van der Waals surface area (Å²) < 4.78 is 0. The Labute approximate surface area is 96.0 Å². The number of halogens is 1. The molecule has 1 atom stereocenters. The third-order valence-corrected chi connectivity index (χ3v) is 3.35. The van der Waals surface area contributed by atoms with Gasteiger partial charge in [0.1, 0.15) is 5.00 Å². The molecule has 2 rings (SSSR count). The van der Waals surface area contributed by atoms with Gasteiger partial charge in [-0.2, -0.15) is 0 Å². The van der Waals surface area contributed by atoms with E-state index in [0.29, 0.717) is 0 Å². The largest absolute Gasteiger partial charge is 0.312 e. The van der Waals surface area contributed by atoms with Crippen LogP contribution in [0.3, 0.4) is 0 Å². The van der Waals surface area contributed by atoms with Crippen molar-refractivity contribution in [2.75, 3.05) is 19.6 Å². The summed E-state index contributed by atoms with van der Waals surface area (Å²) in [6.45, 7) is 4.84. The lowest BCUT2D eigenvalue weighted by Gasteiger charge is -2.33. The predicted molar refractivity (Wildman–Crippen MR) is 64.2 cm³/mol. The fourth-order valence-electron chi connectivity index (χ4n) is 1.91. The summed E-state index contributed by atoms with van der Waals surface area (Å²) in [6.07, 6.45) is 1.05. The highest BCUT2D eigenvalue weighted by atomic mass is 35.5. The molecule has 0 amide bonds. The minimum Gasteiger partial charge on any atom is -0.312 e. The van der Waals surface area contributed by atoms with E-state index in [9.17, 15) is 0 Å². The smallest absolute Gasteiger partial charge is 0.132 e. The predicted octanol–water partition coefficient (Wildman–Crippen LogP) is 1.83. The zero-order valence-electron chi connectivity index (χ0n) is 9.02. The first-order valence-corrected chi connectivity index (χ1v) is 5.86. The summed E-state index contributed by atoms with van der Waals surface area (Å²) in [6, 6.07) is 8.49. The van der Waals surface area contributed by atoms with Crippen LogP contribution in [0.1, 0.15) is 18.1 Å². The number of hydrogen-bond donors (Lipinski definition) is 2. The Balaban J connectivity index is 2.26. The summed E-state index contributed by atoms with van der Waals surface area (Å²) in [5.41, 5.74) is 2.50. The molecule has 0 aromatic heterocycles. The van der Waals surface area contributed by atoms with E-state index in [1.807, 2.05) is 0 Å². The zero-order valence-corrected chi connectivity index (χ0v) is 9.77. The number of piperazine rings is 1. The van der Waals surface area contributed by atoms with Crippen LogP contribution in [0, 0.1) is 0 Å². The third kappa shape index (κ3) is 2.33. The van der Waals surface area contributed by atoms with Crippen LogP contribution in [0.15, 0.2) is 24.3 Å².